The first kappa shape index (κ1) is 20.5. The Labute approximate surface area is 145 Å². The van der Waals surface area contributed by atoms with Gasteiger partial charge in [-0.2, -0.15) is 0 Å². The average Bonchev–Trinajstić information content (AvgIpc) is 3.35. The Kier molecular flexibility index (Phi) is 9.42. The van der Waals surface area contributed by atoms with Crippen molar-refractivity contribution in [3.63, 3.8) is 0 Å². The molecule has 1 fully saturated rings. The van der Waals surface area contributed by atoms with Gasteiger partial charge in [0.25, 0.3) is 0 Å². The molecule has 0 radical (unpaired) electrons. The van der Waals surface area contributed by atoms with Crippen LogP contribution in [0.5, 0.6) is 0 Å². The van der Waals surface area contributed by atoms with Gasteiger partial charge in [0, 0.05) is 25.4 Å². The fraction of sp³-hybridized carbons (Fsp3) is 0.833. The second-order valence-corrected chi connectivity index (χ2v) is 7.07. The maximum atomic E-state index is 12.3. The molecule has 0 heterocycles. The first-order chi connectivity index (χ1) is 11.4. The van der Waals surface area contributed by atoms with Gasteiger partial charge in [-0.15, -0.1) is 0 Å². The molecule has 0 aromatic rings. The van der Waals surface area contributed by atoms with Gasteiger partial charge in [-0.1, -0.05) is 33.6 Å². The molecule has 0 aliphatic heterocycles. The summed E-state index contributed by atoms with van der Waals surface area (Å²) in [7, 11) is 0. The molecule has 3 N–H and O–H groups in total. The molecule has 24 heavy (non-hydrogen) atoms. The van der Waals surface area contributed by atoms with E-state index in [1.807, 2.05) is 0 Å². The minimum Gasteiger partial charge on any atom is -0.354 e. The maximum absolute atomic E-state index is 12.3. The van der Waals surface area contributed by atoms with Crippen molar-refractivity contribution in [2.75, 3.05) is 13.1 Å². The zero-order chi connectivity index (χ0) is 17.9. The highest BCUT2D eigenvalue weighted by molar-refractivity contribution is 5.90. The standard InChI is InChI=1S/C18H33N3O3/c1-4-5-6-7-16(22)20-12-15(21-17(23)14-8-9-14)18(24)19-11-10-13(2)3/h13-15H,4-12H2,1-3H3,(H,19,24)(H,20,22)(H,21,23)/t15-/m0/s1. The zero-order valence-corrected chi connectivity index (χ0v) is 15.3. The first-order valence-corrected chi connectivity index (χ1v) is 9.28. The van der Waals surface area contributed by atoms with Gasteiger partial charge in [-0.3, -0.25) is 14.4 Å². The molecule has 0 aromatic carbocycles. The molecular formula is C18H33N3O3. The second-order valence-electron chi connectivity index (χ2n) is 7.07. The van der Waals surface area contributed by atoms with Crippen molar-refractivity contribution in [2.45, 2.75) is 71.8 Å². The smallest absolute Gasteiger partial charge is 0.244 e. The van der Waals surface area contributed by atoms with E-state index in [1.165, 1.54) is 0 Å². The van der Waals surface area contributed by atoms with E-state index in [1.54, 1.807) is 0 Å². The SMILES string of the molecule is CCCCCC(=O)NC[C@H](NC(=O)C1CC1)C(=O)NCCC(C)C. The third-order valence-electron chi connectivity index (χ3n) is 4.11. The third-order valence-corrected chi connectivity index (χ3v) is 4.11. The minimum absolute atomic E-state index is 0.0382. The van der Waals surface area contributed by atoms with E-state index in [4.69, 9.17) is 0 Å². The van der Waals surface area contributed by atoms with Gasteiger partial charge in [0.15, 0.2) is 0 Å². The first-order valence-electron chi connectivity index (χ1n) is 9.28. The number of carbonyl (C=O) groups is 3. The predicted molar refractivity (Wildman–Crippen MR) is 94.3 cm³/mol. The quantitative estimate of drug-likeness (QED) is 0.473. The lowest BCUT2D eigenvalue weighted by Gasteiger charge is -2.19. The van der Waals surface area contributed by atoms with Crippen molar-refractivity contribution >= 4 is 17.7 Å². The molecule has 138 valence electrons. The number of hydrogen-bond acceptors (Lipinski definition) is 3. The van der Waals surface area contributed by atoms with E-state index >= 15 is 0 Å². The Balaban J connectivity index is 2.42. The molecule has 3 amide bonds. The number of unbranched alkanes of at least 4 members (excludes halogenated alkanes) is 2. The third kappa shape index (κ3) is 8.89. The van der Waals surface area contributed by atoms with Gasteiger partial charge in [0.05, 0.1) is 0 Å². The van der Waals surface area contributed by atoms with Crippen LogP contribution in [-0.2, 0) is 14.4 Å². The molecule has 1 aliphatic carbocycles. The maximum Gasteiger partial charge on any atom is 0.244 e. The molecule has 0 aromatic heterocycles. The molecule has 6 heteroatoms. The van der Waals surface area contributed by atoms with Gasteiger partial charge in [-0.25, -0.2) is 0 Å². The summed E-state index contributed by atoms with van der Waals surface area (Å²) in [6.07, 6.45) is 6.05. The highest BCUT2D eigenvalue weighted by Crippen LogP contribution is 2.28. The second kappa shape index (κ2) is 11.0. The van der Waals surface area contributed by atoms with E-state index in [0.29, 0.717) is 18.9 Å². The largest absolute Gasteiger partial charge is 0.354 e. The monoisotopic (exact) mass is 339 g/mol. The van der Waals surface area contributed by atoms with Crippen LogP contribution in [0.4, 0.5) is 0 Å². The van der Waals surface area contributed by atoms with E-state index in [-0.39, 0.29) is 30.2 Å². The van der Waals surface area contributed by atoms with Crippen LogP contribution in [0.3, 0.4) is 0 Å². The molecule has 1 rings (SSSR count). The molecule has 0 bridgehead atoms. The number of carbonyl (C=O) groups excluding carboxylic acids is 3. The lowest BCUT2D eigenvalue weighted by molar-refractivity contribution is -0.130. The predicted octanol–water partition coefficient (Wildman–Crippen LogP) is 1.74. The van der Waals surface area contributed by atoms with E-state index < -0.39 is 6.04 Å². The molecular weight excluding hydrogens is 306 g/mol. The fourth-order valence-electron chi connectivity index (χ4n) is 2.29. The summed E-state index contributed by atoms with van der Waals surface area (Å²) >= 11 is 0. The van der Waals surface area contributed by atoms with Crippen molar-refractivity contribution in [1.82, 2.24) is 16.0 Å². The fourth-order valence-corrected chi connectivity index (χ4v) is 2.29. The van der Waals surface area contributed by atoms with Crippen LogP contribution in [0.25, 0.3) is 0 Å². The molecule has 1 saturated carbocycles. The van der Waals surface area contributed by atoms with Crippen LogP contribution < -0.4 is 16.0 Å². The molecule has 0 spiro atoms. The summed E-state index contributed by atoms with van der Waals surface area (Å²) in [5, 5.41) is 8.40. The highest BCUT2D eigenvalue weighted by Gasteiger charge is 2.32. The summed E-state index contributed by atoms with van der Waals surface area (Å²) in [4.78, 5) is 36.1. The van der Waals surface area contributed by atoms with Gasteiger partial charge in [-0.05, 0) is 31.6 Å². The zero-order valence-electron chi connectivity index (χ0n) is 15.3. The Bertz CT molecular complexity index is 420. The summed E-state index contributed by atoms with van der Waals surface area (Å²) in [6, 6.07) is -0.694. The summed E-state index contributed by atoms with van der Waals surface area (Å²) in [5.41, 5.74) is 0. The molecule has 1 aliphatic rings. The summed E-state index contributed by atoms with van der Waals surface area (Å²) in [6.45, 7) is 7.00. The van der Waals surface area contributed by atoms with E-state index in [9.17, 15) is 14.4 Å². The van der Waals surface area contributed by atoms with Crippen LogP contribution in [0, 0.1) is 11.8 Å². The normalized spacial score (nSPS) is 15.0. The number of amides is 3. The number of nitrogens with one attached hydrogen (secondary N) is 3. The Hall–Kier alpha value is -1.59. The topological polar surface area (TPSA) is 87.3 Å². The van der Waals surface area contributed by atoms with Crippen LogP contribution in [0.2, 0.25) is 0 Å². The van der Waals surface area contributed by atoms with Crippen molar-refractivity contribution in [1.29, 1.82) is 0 Å². The van der Waals surface area contributed by atoms with Crippen LogP contribution in [0.1, 0.15) is 65.7 Å². The lowest BCUT2D eigenvalue weighted by Crippen LogP contribution is -2.53. The van der Waals surface area contributed by atoms with Crippen molar-refractivity contribution in [3.8, 4) is 0 Å². The van der Waals surface area contributed by atoms with Gasteiger partial charge < -0.3 is 16.0 Å². The van der Waals surface area contributed by atoms with Gasteiger partial charge >= 0.3 is 0 Å². The average molecular weight is 339 g/mol. The van der Waals surface area contributed by atoms with E-state index in [0.717, 1.165) is 38.5 Å². The molecule has 0 unspecified atom stereocenters. The number of hydrogen-bond donors (Lipinski definition) is 3. The summed E-state index contributed by atoms with van der Waals surface area (Å²) < 4.78 is 0. The van der Waals surface area contributed by atoms with E-state index in [2.05, 4.69) is 36.7 Å². The van der Waals surface area contributed by atoms with Gasteiger partial charge in [0.2, 0.25) is 17.7 Å². The summed E-state index contributed by atoms with van der Waals surface area (Å²) in [5.74, 6) is 0.168. The highest BCUT2D eigenvalue weighted by atomic mass is 16.2. The molecule has 1 atom stereocenters. The lowest BCUT2D eigenvalue weighted by atomic mass is 10.1. The molecule has 0 saturated heterocycles. The van der Waals surface area contributed by atoms with Crippen molar-refractivity contribution in [3.05, 3.63) is 0 Å². The minimum atomic E-state index is -0.694. The molecule has 6 nitrogen and oxygen atoms in total. The Morgan fingerprint density at radius 3 is 2.38 bits per heavy atom. The number of rotatable bonds is 12. The Morgan fingerprint density at radius 1 is 1.08 bits per heavy atom. The van der Waals surface area contributed by atoms with Crippen LogP contribution >= 0.6 is 0 Å². The van der Waals surface area contributed by atoms with Crippen LogP contribution in [-0.4, -0.2) is 36.9 Å². The van der Waals surface area contributed by atoms with Crippen molar-refractivity contribution in [2.24, 2.45) is 11.8 Å². The Morgan fingerprint density at radius 2 is 1.79 bits per heavy atom. The van der Waals surface area contributed by atoms with Crippen LogP contribution in [0.15, 0.2) is 0 Å². The van der Waals surface area contributed by atoms with Crippen molar-refractivity contribution < 1.29 is 14.4 Å². The van der Waals surface area contributed by atoms with Gasteiger partial charge in [0.1, 0.15) is 6.04 Å².